The van der Waals surface area contributed by atoms with Crippen LogP contribution in [0.5, 0.6) is 0 Å². The number of aliphatic hydroxyl groups is 1. The van der Waals surface area contributed by atoms with E-state index in [1.54, 1.807) is 6.20 Å². The lowest BCUT2D eigenvalue weighted by atomic mass is 10.3. The quantitative estimate of drug-likeness (QED) is 0.542. The van der Waals surface area contributed by atoms with Crippen LogP contribution in [0.3, 0.4) is 0 Å². The average Bonchev–Trinajstić information content (AvgIpc) is 3.05. The van der Waals surface area contributed by atoms with Gasteiger partial charge in [-0.2, -0.15) is 0 Å². The van der Waals surface area contributed by atoms with Crippen LogP contribution in [0, 0.1) is 10.1 Å². The first-order valence-electron chi connectivity index (χ1n) is 5.81. The van der Waals surface area contributed by atoms with Crippen LogP contribution < -0.4 is 0 Å². The SMILES string of the molecule is COCC(CO)n1cc(Cn2ccnc2[N+](=O)[O-])nn1. The summed E-state index contributed by atoms with van der Waals surface area (Å²) in [6, 6.07) is -0.334. The van der Waals surface area contributed by atoms with E-state index in [0.717, 1.165) is 0 Å². The molecule has 1 unspecified atom stereocenters. The highest BCUT2D eigenvalue weighted by molar-refractivity contribution is 5.09. The minimum absolute atomic E-state index is 0.137. The van der Waals surface area contributed by atoms with Crippen molar-refractivity contribution in [2.75, 3.05) is 20.3 Å². The Balaban J connectivity index is 2.13. The first kappa shape index (κ1) is 14.1. The lowest BCUT2D eigenvalue weighted by molar-refractivity contribution is -0.396. The van der Waals surface area contributed by atoms with Gasteiger partial charge in [0.15, 0.2) is 0 Å². The van der Waals surface area contributed by atoms with Crippen LogP contribution in [0.2, 0.25) is 0 Å². The molecule has 0 aromatic carbocycles. The van der Waals surface area contributed by atoms with E-state index in [-0.39, 0.29) is 25.1 Å². The van der Waals surface area contributed by atoms with E-state index in [4.69, 9.17) is 4.74 Å². The summed E-state index contributed by atoms with van der Waals surface area (Å²) in [5.41, 5.74) is 0.528. The minimum atomic E-state index is -0.564. The Kier molecular flexibility index (Phi) is 4.38. The molecule has 2 rings (SSSR count). The van der Waals surface area contributed by atoms with Crippen LogP contribution in [0.4, 0.5) is 5.95 Å². The Labute approximate surface area is 113 Å². The fourth-order valence-electron chi connectivity index (χ4n) is 1.74. The van der Waals surface area contributed by atoms with Crippen molar-refractivity contribution in [1.29, 1.82) is 0 Å². The van der Waals surface area contributed by atoms with Gasteiger partial charge in [-0.05, 0) is 4.92 Å². The van der Waals surface area contributed by atoms with Gasteiger partial charge in [-0.15, -0.1) is 5.10 Å². The number of hydrogen-bond donors (Lipinski definition) is 1. The second kappa shape index (κ2) is 6.21. The molecule has 20 heavy (non-hydrogen) atoms. The second-order valence-corrected chi connectivity index (χ2v) is 4.09. The Morgan fingerprint density at radius 3 is 3.05 bits per heavy atom. The molecule has 0 bridgehead atoms. The molecule has 108 valence electrons. The zero-order valence-corrected chi connectivity index (χ0v) is 10.8. The molecule has 0 amide bonds. The van der Waals surface area contributed by atoms with E-state index in [9.17, 15) is 15.2 Å². The van der Waals surface area contributed by atoms with Crippen molar-refractivity contribution in [3.05, 3.63) is 34.4 Å². The molecule has 1 atom stereocenters. The Morgan fingerprint density at radius 2 is 2.40 bits per heavy atom. The van der Waals surface area contributed by atoms with E-state index in [1.165, 1.54) is 28.8 Å². The highest BCUT2D eigenvalue weighted by Gasteiger charge is 2.17. The van der Waals surface area contributed by atoms with Crippen LogP contribution in [0.25, 0.3) is 0 Å². The summed E-state index contributed by atoms with van der Waals surface area (Å²) in [7, 11) is 1.52. The summed E-state index contributed by atoms with van der Waals surface area (Å²) in [5.74, 6) is -0.254. The van der Waals surface area contributed by atoms with Gasteiger partial charge in [0.2, 0.25) is 0 Å². The lowest BCUT2D eigenvalue weighted by Crippen LogP contribution is -2.19. The highest BCUT2D eigenvalue weighted by Crippen LogP contribution is 2.11. The van der Waals surface area contributed by atoms with Crippen LogP contribution in [0.15, 0.2) is 18.6 Å². The summed E-state index contributed by atoms with van der Waals surface area (Å²) >= 11 is 0. The van der Waals surface area contributed by atoms with Gasteiger partial charge in [0.25, 0.3) is 0 Å². The number of rotatable bonds is 7. The molecule has 0 aliphatic carbocycles. The molecule has 0 spiro atoms. The number of nitrogens with zero attached hydrogens (tertiary/aromatic N) is 6. The monoisotopic (exact) mass is 282 g/mol. The molecule has 0 aliphatic rings. The van der Waals surface area contributed by atoms with Gasteiger partial charge in [-0.25, -0.2) is 9.25 Å². The standard InChI is InChI=1S/C10H14N6O4/c1-20-7-9(6-17)15-5-8(12-13-15)4-14-3-2-11-10(14)16(18)19/h2-3,5,9,17H,4,6-7H2,1H3. The van der Waals surface area contributed by atoms with Gasteiger partial charge in [-0.1, -0.05) is 10.2 Å². The Morgan fingerprint density at radius 1 is 1.60 bits per heavy atom. The number of aliphatic hydroxyl groups excluding tert-OH is 1. The van der Waals surface area contributed by atoms with Gasteiger partial charge in [0.05, 0.1) is 25.5 Å². The maximum Gasteiger partial charge on any atom is 0.434 e. The molecule has 0 saturated heterocycles. The molecular formula is C10H14N6O4. The molecule has 10 heteroatoms. The first-order valence-corrected chi connectivity index (χ1v) is 5.81. The largest absolute Gasteiger partial charge is 0.434 e. The predicted molar refractivity (Wildman–Crippen MR) is 66.0 cm³/mol. The third-order valence-electron chi connectivity index (χ3n) is 2.69. The van der Waals surface area contributed by atoms with E-state index in [0.29, 0.717) is 12.3 Å². The minimum Gasteiger partial charge on any atom is -0.394 e. The molecule has 2 aromatic rings. The summed E-state index contributed by atoms with van der Waals surface area (Å²) in [6.07, 6.45) is 4.46. The Bertz CT molecular complexity index is 580. The van der Waals surface area contributed by atoms with Gasteiger partial charge >= 0.3 is 5.95 Å². The third-order valence-corrected chi connectivity index (χ3v) is 2.69. The lowest BCUT2D eigenvalue weighted by Gasteiger charge is -2.11. The van der Waals surface area contributed by atoms with Crippen molar-refractivity contribution in [2.45, 2.75) is 12.6 Å². The second-order valence-electron chi connectivity index (χ2n) is 4.09. The van der Waals surface area contributed by atoms with Crippen molar-refractivity contribution in [3.63, 3.8) is 0 Å². The fourth-order valence-corrected chi connectivity index (χ4v) is 1.74. The number of imidazole rings is 1. The van der Waals surface area contributed by atoms with Crippen molar-refractivity contribution in [3.8, 4) is 0 Å². The third kappa shape index (κ3) is 2.97. The number of aromatic nitrogens is 5. The average molecular weight is 282 g/mol. The maximum absolute atomic E-state index is 10.7. The van der Waals surface area contributed by atoms with E-state index < -0.39 is 4.92 Å². The molecule has 1 N–H and O–H groups in total. The van der Waals surface area contributed by atoms with Crippen molar-refractivity contribution in [2.24, 2.45) is 0 Å². The molecule has 0 radical (unpaired) electrons. The number of ether oxygens (including phenoxy) is 1. The molecular weight excluding hydrogens is 268 g/mol. The van der Waals surface area contributed by atoms with E-state index >= 15 is 0 Å². The van der Waals surface area contributed by atoms with Crippen LogP contribution in [-0.2, 0) is 11.3 Å². The van der Waals surface area contributed by atoms with Gasteiger partial charge in [-0.3, -0.25) is 0 Å². The molecule has 2 aromatic heterocycles. The van der Waals surface area contributed by atoms with E-state index in [2.05, 4.69) is 15.3 Å². The molecule has 2 heterocycles. The highest BCUT2D eigenvalue weighted by atomic mass is 16.6. The zero-order valence-electron chi connectivity index (χ0n) is 10.8. The number of methoxy groups -OCH3 is 1. The smallest absolute Gasteiger partial charge is 0.394 e. The summed E-state index contributed by atoms with van der Waals surface area (Å²) < 4.78 is 7.80. The summed E-state index contributed by atoms with van der Waals surface area (Å²) in [4.78, 5) is 13.8. The van der Waals surface area contributed by atoms with E-state index in [1.807, 2.05) is 0 Å². The van der Waals surface area contributed by atoms with Gasteiger partial charge < -0.3 is 20.0 Å². The molecule has 0 fully saturated rings. The van der Waals surface area contributed by atoms with Crippen molar-refractivity contribution >= 4 is 5.95 Å². The number of nitro groups is 1. The fraction of sp³-hybridized carbons (Fsp3) is 0.500. The first-order chi connectivity index (χ1) is 9.65. The van der Waals surface area contributed by atoms with Gasteiger partial charge in [0, 0.05) is 7.11 Å². The van der Waals surface area contributed by atoms with Crippen molar-refractivity contribution in [1.82, 2.24) is 24.5 Å². The van der Waals surface area contributed by atoms with Crippen LogP contribution in [0.1, 0.15) is 11.7 Å². The van der Waals surface area contributed by atoms with Crippen molar-refractivity contribution < 1.29 is 14.8 Å². The number of hydrogen-bond acceptors (Lipinski definition) is 7. The zero-order chi connectivity index (χ0) is 14.5. The molecule has 10 nitrogen and oxygen atoms in total. The normalized spacial score (nSPS) is 12.5. The Hall–Kier alpha value is -2.33. The maximum atomic E-state index is 10.7. The summed E-state index contributed by atoms with van der Waals surface area (Å²) in [6.45, 7) is 0.341. The molecule has 0 aliphatic heterocycles. The predicted octanol–water partition coefficient (Wildman–Crippen LogP) is -0.389. The molecule has 0 saturated carbocycles. The summed E-state index contributed by atoms with van der Waals surface area (Å²) in [5, 5.41) is 27.8. The van der Waals surface area contributed by atoms with Crippen LogP contribution in [-0.4, -0.2) is 54.9 Å². The van der Waals surface area contributed by atoms with Gasteiger partial charge in [0.1, 0.15) is 24.6 Å². The van der Waals surface area contributed by atoms with Crippen LogP contribution >= 0.6 is 0 Å². The topological polar surface area (TPSA) is 121 Å².